The molecule has 0 radical (unpaired) electrons. The SMILES string of the molecule is CNC(=O)[C@H]1C[C@@H]2CN(C(=O)c3cccc(C#N)c3)C[C@@H]2N1C(C)=O. The molecule has 1 aromatic rings. The van der Waals surface area contributed by atoms with Gasteiger partial charge in [-0.1, -0.05) is 6.07 Å². The highest BCUT2D eigenvalue weighted by atomic mass is 16.2. The number of rotatable bonds is 2. The van der Waals surface area contributed by atoms with E-state index >= 15 is 0 Å². The van der Waals surface area contributed by atoms with Crippen LogP contribution in [-0.4, -0.2) is 59.7 Å². The van der Waals surface area contributed by atoms with E-state index in [1.54, 1.807) is 41.1 Å². The van der Waals surface area contributed by atoms with Gasteiger partial charge in [-0.3, -0.25) is 14.4 Å². The Morgan fingerprint density at radius 1 is 1.28 bits per heavy atom. The number of carbonyl (C=O) groups excluding carboxylic acids is 3. The van der Waals surface area contributed by atoms with Gasteiger partial charge in [-0.2, -0.15) is 5.26 Å². The third-order valence-corrected chi connectivity index (χ3v) is 5.06. The van der Waals surface area contributed by atoms with Gasteiger partial charge < -0.3 is 15.1 Å². The molecule has 2 aliphatic heterocycles. The minimum Gasteiger partial charge on any atom is -0.357 e. The van der Waals surface area contributed by atoms with Crippen LogP contribution in [0.4, 0.5) is 0 Å². The molecule has 1 aromatic carbocycles. The summed E-state index contributed by atoms with van der Waals surface area (Å²) in [6.07, 6.45) is 0.561. The molecular formula is C18H20N4O3. The van der Waals surface area contributed by atoms with Crippen LogP contribution in [0.2, 0.25) is 0 Å². The standard InChI is InChI=1S/C18H20N4O3/c1-11(23)22-15(17(24)20-2)7-14-9-21(10-16(14)22)18(25)13-5-3-4-12(6-13)8-19/h3-6,14-16H,7,9-10H2,1-2H3,(H,20,24)/t14-,15-,16+/m1/s1. The number of hydrogen-bond donors (Lipinski definition) is 1. The third-order valence-electron chi connectivity index (χ3n) is 5.06. The number of nitriles is 1. The fourth-order valence-corrected chi connectivity index (χ4v) is 3.96. The number of nitrogens with one attached hydrogen (secondary N) is 1. The van der Waals surface area contributed by atoms with Crippen molar-refractivity contribution in [3.63, 3.8) is 0 Å². The zero-order valence-corrected chi connectivity index (χ0v) is 14.2. The van der Waals surface area contributed by atoms with Crippen molar-refractivity contribution < 1.29 is 14.4 Å². The van der Waals surface area contributed by atoms with Crippen molar-refractivity contribution in [3.8, 4) is 6.07 Å². The molecule has 2 aliphatic rings. The normalized spacial score (nSPS) is 24.6. The average molecular weight is 340 g/mol. The predicted molar refractivity (Wildman–Crippen MR) is 89.3 cm³/mol. The first-order valence-electron chi connectivity index (χ1n) is 8.26. The molecule has 3 atom stereocenters. The van der Waals surface area contributed by atoms with E-state index < -0.39 is 6.04 Å². The third kappa shape index (κ3) is 2.95. The summed E-state index contributed by atoms with van der Waals surface area (Å²) in [5, 5.41) is 11.6. The predicted octanol–water partition coefficient (Wildman–Crippen LogP) is 0.366. The van der Waals surface area contributed by atoms with Crippen molar-refractivity contribution in [2.45, 2.75) is 25.4 Å². The van der Waals surface area contributed by atoms with Gasteiger partial charge in [0.05, 0.1) is 17.7 Å². The molecule has 130 valence electrons. The maximum atomic E-state index is 12.7. The van der Waals surface area contributed by atoms with E-state index in [4.69, 9.17) is 5.26 Å². The van der Waals surface area contributed by atoms with Gasteiger partial charge in [-0.15, -0.1) is 0 Å². The molecule has 0 aromatic heterocycles. The zero-order chi connectivity index (χ0) is 18.1. The quantitative estimate of drug-likeness (QED) is 0.841. The molecule has 0 bridgehead atoms. The molecule has 0 spiro atoms. The second-order valence-corrected chi connectivity index (χ2v) is 6.52. The number of carbonyl (C=O) groups is 3. The molecule has 25 heavy (non-hydrogen) atoms. The van der Waals surface area contributed by atoms with Gasteiger partial charge in [-0.25, -0.2) is 0 Å². The Hall–Kier alpha value is -2.88. The highest BCUT2D eigenvalue weighted by Gasteiger charge is 2.50. The average Bonchev–Trinajstić information content (AvgIpc) is 3.17. The van der Waals surface area contributed by atoms with Crippen LogP contribution in [0.15, 0.2) is 24.3 Å². The lowest BCUT2D eigenvalue weighted by Gasteiger charge is -2.28. The molecule has 2 fully saturated rings. The maximum absolute atomic E-state index is 12.7. The summed E-state index contributed by atoms with van der Waals surface area (Å²) in [4.78, 5) is 40.2. The van der Waals surface area contributed by atoms with Crippen LogP contribution in [0.25, 0.3) is 0 Å². The molecule has 1 N–H and O–H groups in total. The first-order chi connectivity index (χ1) is 12.0. The molecule has 7 nitrogen and oxygen atoms in total. The van der Waals surface area contributed by atoms with Crippen molar-refractivity contribution in [3.05, 3.63) is 35.4 Å². The van der Waals surface area contributed by atoms with Crippen LogP contribution >= 0.6 is 0 Å². The summed E-state index contributed by atoms with van der Waals surface area (Å²) in [7, 11) is 1.56. The van der Waals surface area contributed by atoms with E-state index in [1.807, 2.05) is 6.07 Å². The summed E-state index contributed by atoms with van der Waals surface area (Å²) >= 11 is 0. The Bertz CT molecular complexity index is 770. The van der Waals surface area contributed by atoms with E-state index in [0.717, 1.165) is 0 Å². The Kier molecular flexibility index (Phi) is 4.45. The Morgan fingerprint density at radius 2 is 2.04 bits per heavy atom. The summed E-state index contributed by atoms with van der Waals surface area (Å²) in [6.45, 7) is 2.38. The Morgan fingerprint density at radius 3 is 2.68 bits per heavy atom. The van der Waals surface area contributed by atoms with Gasteiger partial charge in [0.2, 0.25) is 11.8 Å². The van der Waals surface area contributed by atoms with E-state index in [9.17, 15) is 14.4 Å². The fraction of sp³-hybridized carbons (Fsp3) is 0.444. The molecule has 2 saturated heterocycles. The van der Waals surface area contributed by atoms with Gasteiger partial charge in [0.25, 0.3) is 5.91 Å². The van der Waals surface area contributed by atoms with E-state index in [1.165, 1.54) is 6.92 Å². The number of amides is 3. The van der Waals surface area contributed by atoms with E-state index in [-0.39, 0.29) is 29.7 Å². The lowest BCUT2D eigenvalue weighted by atomic mass is 10.0. The number of nitrogens with zero attached hydrogens (tertiary/aromatic N) is 3. The van der Waals surface area contributed by atoms with E-state index in [2.05, 4.69) is 5.32 Å². The fourth-order valence-electron chi connectivity index (χ4n) is 3.96. The van der Waals surface area contributed by atoms with Crippen LogP contribution < -0.4 is 5.32 Å². The van der Waals surface area contributed by atoms with Gasteiger partial charge in [0.15, 0.2) is 0 Å². The number of benzene rings is 1. The first kappa shape index (κ1) is 17.0. The molecule has 0 saturated carbocycles. The largest absolute Gasteiger partial charge is 0.357 e. The molecule has 7 heteroatoms. The van der Waals surface area contributed by atoms with Crippen LogP contribution in [0.5, 0.6) is 0 Å². The zero-order valence-electron chi connectivity index (χ0n) is 14.2. The molecule has 3 amide bonds. The van der Waals surface area contributed by atoms with Gasteiger partial charge >= 0.3 is 0 Å². The van der Waals surface area contributed by atoms with Crippen LogP contribution in [0.3, 0.4) is 0 Å². The monoisotopic (exact) mass is 340 g/mol. The summed E-state index contributed by atoms with van der Waals surface area (Å²) in [6, 6.07) is 8.04. The van der Waals surface area contributed by atoms with Crippen LogP contribution in [0.1, 0.15) is 29.3 Å². The molecular weight excluding hydrogens is 320 g/mol. The minimum atomic E-state index is -0.461. The van der Waals surface area contributed by atoms with Crippen molar-refractivity contribution >= 4 is 17.7 Å². The summed E-state index contributed by atoms with van der Waals surface area (Å²) < 4.78 is 0. The smallest absolute Gasteiger partial charge is 0.253 e. The molecule has 0 aliphatic carbocycles. The second-order valence-electron chi connectivity index (χ2n) is 6.52. The Labute approximate surface area is 146 Å². The lowest BCUT2D eigenvalue weighted by Crippen LogP contribution is -2.49. The minimum absolute atomic E-state index is 0.0919. The first-order valence-corrected chi connectivity index (χ1v) is 8.26. The number of fused-ring (bicyclic) bond motifs is 1. The molecule has 0 unspecified atom stereocenters. The van der Waals surface area contributed by atoms with E-state index in [0.29, 0.717) is 30.6 Å². The lowest BCUT2D eigenvalue weighted by molar-refractivity contribution is -0.138. The topological polar surface area (TPSA) is 93.5 Å². The van der Waals surface area contributed by atoms with Gasteiger partial charge in [-0.05, 0) is 24.6 Å². The maximum Gasteiger partial charge on any atom is 0.253 e. The van der Waals surface area contributed by atoms with Gasteiger partial charge in [0, 0.05) is 38.5 Å². The summed E-state index contributed by atoms with van der Waals surface area (Å²) in [5.74, 6) is -0.369. The molecule has 2 heterocycles. The highest BCUT2D eigenvalue weighted by Crippen LogP contribution is 2.36. The van der Waals surface area contributed by atoms with Crippen molar-refractivity contribution in [2.75, 3.05) is 20.1 Å². The van der Waals surface area contributed by atoms with Crippen LogP contribution in [-0.2, 0) is 9.59 Å². The van der Waals surface area contributed by atoms with Gasteiger partial charge in [0.1, 0.15) is 6.04 Å². The number of hydrogen-bond acceptors (Lipinski definition) is 4. The van der Waals surface area contributed by atoms with Crippen molar-refractivity contribution in [1.29, 1.82) is 5.26 Å². The number of likely N-dealkylation sites (N-methyl/N-ethyl adjacent to an activating group) is 1. The second kappa shape index (κ2) is 6.55. The van der Waals surface area contributed by atoms with Crippen LogP contribution in [0, 0.1) is 17.2 Å². The van der Waals surface area contributed by atoms with Crippen molar-refractivity contribution in [2.24, 2.45) is 5.92 Å². The number of likely N-dealkylation sites (tertiary alicyclic amines) is 2. The highest BCUT2D eigenvalue weighted by molar-refractivity contribution is 5.95. The van der Waals surface area contributed by atoms with Crippen molar-refractivity contribution in [1.82, 2.24) is 15.1 Å². The Balaban J connectivity index is 1.78. The molecule has 3 rings (SSSR count). The summed E-state index contributed by atoms with van der Waals surface area (Å²) in [5.41, 5.74) is 0.909.